The summed E-state index contributed by atoms with van der Waals surface area (Å²) in [7, 11) is 0. The van der Waals surface area contributed by atoms with E-state index < -0.39 is 12.1 Å². The number of oxazole rings is 1. The van der Waals surface area contributed by atoms with E-state index in [9.17, 15) is 9.59 Å². The maximum Gasteiger partial charge on any atom is 0.407 e. The van der Waals surface area contributed by atoms with Gasteiger partial charge in [0.2, 0.25) is 11.7 Å². The van der Waals surface area contributed by atoms with Gasteiger partial charge < -0.3 is 23.9 Å². The topological polar surface area (TPSA) is 99.9 Å². The summed E-state index contributed by atoms with van der Waals surface area (Å²) < 4.78 is 21.4. The van der Waals surface area contributed by atoms with Crippen molar-refractivity contribution in [2.75, 3.05) is 13.2 Å². The molecule has 0 atom stereocenters. The minimum Gasteiger partial charge on any atom is -0.484 e. The monoisotopic (exact) mass is 426 g/mol. The molecule has 1 aromatic heterocycles. The highest BCUT2D eigenvalue weighted by Crippen LogP contribution is 2.16. The predicted octanol–water partition coefficient (Wildman–Crippen LogP) is 4.15. The molecule has 0 unspecified atom stereocenters. The Morgan fingerprint density at radius 3 is 2.42 bits per heavy atom. The number of nitrogens with zero attached hydrogens (tertiary/aromatic N) is 1. The summed E-state index contributed by atoms with van der Waals surface area (Å²) in [5.41, 5.74) is 1.27. The lowest BCUT2D eigenvalue weighted by atomic mass is 10.2. The number of para-hydroxylation sites is 1. The van der Waals surface area contributed by atoms with Gasteiger partial charge >= 0.3 is 12.1 Å². The van der Waals surface area contributed by atoms with Crippen molar-refractivity contribution >= 4 is 12.1 Å². The molecule has 0 radical (unpaired) electrons. The van der Waals surface area contributed by atoms with Crippen molar-refractivity contribution in [3.63, 3.8) is 0 Å². The fraction of sp³-hybridized carbons (Fsp3) is 0.261. The molecule has 8 nitrogen and oxygen atoms in total. The molecule has 0 fully saturated rings. The molecule has 8 heteroatoms. The summed E-state index contributed by atoms with van der Waals surface area (Å²) in [6.07, 6.45) is -0.290. The molecule has 0 spiro atoms. The van der Waals surface area contributed by atoms with E-state index in [1.165, 1.54) is 0 Å². The maximum atomic E-state index is 12.2. The second kappa shape index (κ2) is 11.4. The minimum atomic E-state index is -0.609. The number of carbonyl (C=O) groups excluding carboxylic acids is 2. The molecule has 164 valence electrons. The molecule has 0 aliphatic heterocycles. The molecular formula is C23H26N2O6. The van der Waals surface area contributed by atoms with Crippen molar-refractivity contribution < 1.29 is 29.6 Å². The van der Waals surface area contributed by atoms with E-state index in [2.05, 4.69) is 10.3 Å². The Bertz CT molecular complexity index is 979. The second-order valence-corrected chi connectivity index (χ2v) is 6.44. The lowest BCUT2D eigenvalue weighted by molar-refractivity contribution is 0.0484. The van der Waals surface area contributed by atoms with Crippen LogP contribution >= 0.6 is 0 Å². The molecule has 0 saturated heterocycles. The number of carbonyl (C=O) groups is 2. The van der Waals surface area contributed by atoms with Crippen LogP contribution in [0.5, 0.6) is 5.75 Å². The van der Waals surface area contributed by atoms with Crippen molar-refractivity contribution in [3.05, 3.63) is 83.6 Å². The van der Waals surface area contributed by atoms with Crippen molar-refractivity contribution in [1.29, 1.82) is 0 Å². The fourth-order valence-electron chi connectivity index (χ4n) is 2.71. The third kappa shape index (κ3) is 6.88. The number of hydrogen-bond donors (Lipinski definition) is 1. The average molecular weight is 426 g/mol. The summed E-state index contributed by atoms with van der Waals surface area (Å²) in [6, 6.07) is 18.6. The van der Waals surface area contributed by atoms with E-state index in [1.807, 2.05) is 48.5 Å². The van der Waals surface area contributed by atoms with Crippen LogP contribution in [0.1, 0.15) is 36.1 Å². The third-order valence-corrected chi connectivity index (χ3v) is 4.15. The molecule has 3 rings (SSSR count). The zero-order chi connectivity index (χ0) is 21.9. The minimum absolute atomic E-state index is 0. The number of ether oxygens (including phenoxy) is 3. The van der Waals surface area contributed by atoms with Gasteiger partial charge in [0.25, 0.3) is 0 Å². The van der Waals surface area contributed by atoms with Crippen LogP contribution in [0.25, 0.3) is 0 Å². The van der Waals surface area contributed by atoms with Gasteiger partial charge in [-0.2, -0.15) is 0 Å². The highest BCUT2D eigenvalue weighted by atomic mass is 16.6. The SMILES string of the molecule is CCOC(=O)c1oc(COc2ccccc2)nc1CCNC(=O)OCc1ccccc1.[HH]. The Hall–Kier alpha value is -3.81. The Morgan fingerprint density at radius 2 is 1.71 bits per heavy atom. The number of esters is 1. The largest absolute Gasteiger partial charge is 0.484 e. The first-order valence-corrected chi connectivity index (χ1v) is 9.93. The Balaban J connectivity index is 0.00000363. The number of aromatic nitrogens is 1. The van der Waals surface area contributed by atoms with Crippen molar-refractivity contribution in [3.8, 4) is 5.75 Å². The van der Waals surface area contributed by atoms with Gasteiger partial charge in [-0.1, -0.05) is 48.5 Å². The zero-order valence-electron chi connectivity index (χ0n) is 17.2. The van der Waals surface area contributed by atoms with E-state index in [4.69, 9.17) is 18.6 Å². The summed E-state index contributed by atoms with van der Waals surface area (Å²) >= 11 is 0. The molecule has 0 saturated carbocycles. The molecule has 2 aromatic carbocycles. The molecule has 1 heterocycles. The molecule has 1 N–H and O–H groups in total. The normalized spacial score (nSPS) is 10.4. The van der Waals surface area contributed by atoms with Gasteiger partial charge in [0.05, 0.1) is 12.3 Å². The third-order valence-electron chi connectivity index (χ3n) is 4.15. The van der Waals surface area contributed by atoms with Gasteiger partial charge in [-0.05, 0) is 24.6 Å². The quantitative estimate of drug-likeness (QED) is 0.486. The van der Waals surface area contributed by atoms with E-state index in [0.717, 1.165) is 5.56 Å². The average Bonchev–Trinajstić information content (AvgIpc) is 3.21. The highest BCUT2D eigenvalue weighted by Gasteiger charge is 2.21. The molecule has 0 aliphatic carbocycles. The molecular weight excluding hydrogens is 400 g/mol. The van der Waals surface area contributed by atoms with Crippen LogP contribution in [-0.2, 0) is 29.1 Å². The van der Waals surface area contributed by atoms with E-state index in [0.29, 0.717) is 11.4 Å². The van der Waals surface area contributed by atoms with Gasteiger partial charge in [-0.15, -0.1) is 0 Å². The van der Waals surface area contributed by atoms with E-state index in [1.54, 1.807) is 19.1 Å². The summed E-state index contributed by atoms with van der Waals surface area (Å²) in [5.74, 6) is 0.298. The van der Waals surface area contributed by atoms with Crippen LogP contribution in [0.3, 0.4) is 0 Å². The number of benzene rings is 2. The first kappa shape index (κ1) is 21.9. The lowest BCUT2D eigenvalue weighted by Crippen LogP contribution is -2.26. The summed E-state index contributed by atoms with van der Waals surface area (Å²) in [5, 5.41) is 2.64. The van der Waals surface area contributed by atoms with Crippen molar-refractivity contribution in [2.24, 2.45) is 0 Å². The Morgan fingerprint density at radius 1 is 1.00 bits per heavy atom. The second-order valence-electron chi connectivity index (χ2n) is 6.44. The number of alkyl carbamates (subject to hydrolysis) is 1. The highest BCUT2D eigenvalue weighted by molar-refractivity contribution is 5.87. The molecule has 31 heavy (non-hydrogen) atoms. The van der Waals surface area contributed by atoms with Gasteiger partial charge in [0, 0.05) is 14.4 Å². The van der Waals surface area contributed by atoms with Gasteiger partial charge in [0.1, 0.15) is 12.4 Å². The van der Waals surface area contributed by atoms with Gasteiger partial charge in [-0.3, -0.25) is 0 Å². The van der Waals surface area contributed by atoms with Gasteiger partial charge in [-0.25, -0.2) is 14.6 Å². The lowest BCUT2D eigenvalue weighted by Gasteiger charge is -2.06. The molecule has 0 bridgehead atoms. The fourth-order valence-corrected chi connectivity index (χ4v) is 2.71. The van der Waals surface area contributed by atoms with Crippen molar-refractivity contribution in [2.45, 2.75) is 26.6 Å². The Labute approximate surface area is 181 Å². The molecule has 3 aromatic rings. The number of rotatable bonds is 10. The predicted molar refractivity (Wildman–Crippen MR) is 114 cm³/mol. The van der Waals surface area contributed by atoms with Crippen LogP contribution in [-0.4, -0.2) is 30.2 Å². The summed E-state index contributed by atoms with van der Waals surface area (Å²) in [6.45, 7) is 2.36. The first-order valence-electron chi connectivity index (χ1n) is 9.93. The van der Waals surface area contributed by atoms with Crippen LogP contribution in [0.15, 0.2) is 65.1 Å². The first-order chi connectivity index (χ1) is 15.2. The van der Waals surface area contributed by atoms with E-state index in [-0.39, 0.29) is 45.9 Å². The van der Waals surface area contributed by atoms with Crippen LogP contribution in [0.2, 0.25) is 0 Å². The maximum absolute atomic E-state index is 12.2. The standard InChI is InChI=1S/C23H24N2O6.H2/c1-2-28-22(26)21-19(25-20(31-21)16-29-18-11-7-4-8-12-18)13-14-24-23(27)30-15-17-9-5-3-6-10-17;/h3-12H,2,13-16H2,1H3,(H,24,27);1H. The number of hydrogen-bond acceptors (Lipinski definition) is 7. The van der Waals surface area contributed by atoms with Crippen molar-refractivity contribution in [1.82, 2.24) is 10.3 Å². The zero-order valence-corrected chi connectivity index (χ0v) is 17.2. The van der Waals surface area contributed by atoms with E-state index >= 15 is 0 Å². The number of amides is 1. The summed E-state index contributed by atoms with van der Waals surface area (Å²) in [4.78, 5) is 28.4. The number of nitrogens with one attached hydrogen (secondary N) is 1. The Kier molecular flexibility index (Phi) is 8.05. The van der Waals surface area contributed by atoms with Crippen LogP contribution in [0.4, 0.5) is 4.79 Å². The molecule has 1 amide bonds. The van der Waals surface area contributed by atoms with Crippen LogP contribution in [0, 0.1) is 0 Å². The smallest absolute Gasteiger partial charge is 0.407 e. The van der Waals surface area contributed by atoms with Gasteiger partial charge in [0.15, 0.2) is 6.61 Å². The van der Waals surface area contributed by atoms with Crippen LogP contribution < -0.4 is 10.1 Å². The molecule has 0 aliphatic rings.